The van der Waals surface area contributed by atoms with Crippen LogP contribution in [-0.2, 0) is 14.3 Å². The quantitative estimate of drug-likeness (QED) is 0.0523. The average Bonchev–Trinajstić information content (AvgIpc) is 3.05. The van der Waals surface area contributed by atoms with E-state index in [-0.39, 0.29) is 18.9 Å². The summed E-state index contributed by atoms with van der Waals surface area (Å²) in [6.45, 7) is 3.55. The van der Waals surface area contributed by atoms with E-state index in [1.165, 1.54) is 83.5 Å². The highest BCUT2D eigenvalue weighted by molar-refractivity contribution is 5.76. The van der Waals surface area contributed by atoms with E-state index < -0.39 is 55.6 Å². The summed E-state index contributed by atoms with van der Waals surface area (Å²) in [6.07, 6.45) is 15.5. The lowest BCUT2D eigenvalue weighted by molar-refractivity contribution is -0.303. The lowest BCUT2D eigenvalue weighted by Gasteiger charge is -2.40. The zero-order valence-electron chi connectivity index (χ0n) is 29.2. The summed E-state index contributed by atoms with van der Waals surface area (Å²) in [5, 5.41) is 64.6. The van der Waals surface area contributed by atoms with Crippen molar-refractivity contribution in [2.24, 2.45) is 0 Å². The number of carbonyl (C=O) groups is 1. The van der Waals surface area contributed by atoms with Gasteiger partial charge in [0.25, 0.3) is 0 Å². The third-order valence-electron chi connectivity index (χ3n) is 9.30. The smallest absolute Gasteiger partial charge is 0.220 e. The van der Waals surface area contributed by atoms with Crippen LogP contribution in [0.5, 0.6) is 0 Å². The highest BCUT2D eigenvalue weighted by Crippen LogP contribution is 2.23. The maximum Gasteiger partial charge on any atom is 0.220 e. The van der Waals surface area contributed by atoms with E-state index in [4.69, 9.17) is 9.47 Å². The molecule has 0 radical (unpaired) electrons. The number of carbonyl (C=O) groups excluding carboxylic acids is 1. The number of hydrogen-bond donors (Lipinski definition) is 7. The topological polar surface area (TPSA) is 169 Å². The van der Waals surface area contributed by atoms with Crippen LogP contribution < -0.4 is 5.32 Å². The first kappa shape index (κ1) is 43.2. The van der Waals surface area contributed by atoms with Crippen molar-refractivity contribution in [1.29, 1.82) is 0 Å². The van der Waals surface area contributed by atoms with Gasteiger partial charge in [-0.2, -0.15) is 0 Å². The molecule has 1 aliphatic heterocycles. The molecule has 1 aliphatic rings. The number of rotatable bonds is 30. The van der Waals surface area contributed by atoms with Crippen molar-refractivity contribution in [1.82, 2.24) is 5.32 Å². The minimum Gasteiger partial charge on any atom is -0.394 e. The van der Waals surface area contributed by atoms with Crippen molar-refractivity contribution < 1.29 is 44.9 Å². The van der Waals surface area contributed by atoms with Crippen molar-refractivity contribution >= 4 is 5.91 Å². The SMILES string of the molecule is CCCCCCCCCCCCCC(=O)N[C@@H](CO[C@@H]1O[C@H](CO)[C@H](O)C(O)C1O)[C@H](O)[C@H](O)CCCCCCCCCCCC. The molecule has 1 saturated heterocycles. The lowest BCUT2D eigenvalue weighted by Crippen LogP contribution is -2.60. The number of unbranched alkanes of at least 4 members (excludes halogenated alkanes) is 19. The fraction of sp³-hybridized carbons (Fsp3) is 0.972. The third-order valence-corrected chi connectivity index (χ3v) is 9.30. The number of hydrogen-bond acceptors (Lipinski definition) is 9. The summed E-state index contributed by atoms with van der Waals surface area (Å²) >= 11 is 0. The first-order valence-electron chi connectivity index (χ1n) is 18.8. The van der Waals surface area contributed by atoms with Crippen molar-refractivity contribution in [2.75, 3.05) is 13.2 Å². The molecular formula is C36H71NO9. The van der Waals surface area contributed by atoms with Gasteiger partial charge in [-0.25, -0.2) is 0 Å². The molecule has 46 heavy (non-hydrogen) atoms. The largest absolute Gasteiger partial charge is 0.394 e. The number of amides is 1. The molecule has 1 fully saturated rings. The number of ether oxygens (including phenoxy) is 2. The van der Waals surface area contributed by atoms with Gasteiger partial charge in [-0.3, -0.25) is 4.79 Å². The minimum atomic E-state index is -1.60. The van der Waals surface area contributed by atoms with Crippen LogP contribution in [0.15, 0.2) is 0 Å². The molecule has 0 aliphatic carbocycles. The predicted octanol–water partition coefficient (Wildman–Crippen LogP) is 5.02. The zero-order valence-corrected chi connectivity index (χ0v) is 29.2. The van der Waals surface area contributed by atoms with Crippen LogP contribution in [0.25, 0.3) is 0 Å². The monoisotopic (exact) mass is 662 g/mol. The molecule has 1 heterocycles. The Kier molecular flexibility index (Phi) is 26.3. The van der Waals surface area contributed by atoms with Crippen LogP contribution in [0.3, 0.4) is 0 Å². The Labute approximate surface area is 279 Å². The molecular weight excluding hydrogens is 590 g/mol. The summed E-state index contributed by atoms with van der Waals surface area (Å²) in [5.41, 5.74) is 0. The summed E-state index contributed by atoms with van der Waals surface area (Å²) in [7, 11) is 0. The molecule has 0 aromatic carbocycles. The van der Waals surface area contributed by atoms with Gasteiger partial charge in [-0.15, -0.1) is 0 Å². The normalized spacial score (nSPS) is 23.7. The molecule has 274 valence electrons. The Balaban J connectivity index is 2.52. The Morgan fingerprint density at radius 2 is 1.13 bits per heavy atom. The fourth-order valence-corrected chi connectivity index (χ4v) is 6.14. The molecule has 2 unspecified atom stereocenters. The minimum absolute atomic E-state index is 0.261. The molecule has 1 rings (SSSR count). The molecule has 0 aromatic rings. The van der Waals surface area contributed by atoms with Crippen molar-refractivity contribution in [3.8, 4) is 0 Å². The highest BCUT2D eigenvalue weighted by atomic mass is 16.7. The summed E-state index contributed by atoms with van der Waals surface area (Å²) in [4.78, 5) is 12.8. The van der Waals surface area contributed by atoms with Crippen LogP contribution in [0.4, 0.5) is 0 Å². The molecule has 10 heteroatoms. The third kappa shape index (κ3) is 19.2. The second-order valence-corrected chi connectivity index (χ2v) is 13.5. The van der Waals surface area contributed by atoms with Crippen LogP contribution in [-0.4, -0.2) is 98.7 Å². The van der Waals surface area contributed by atoms with Gasteiger partial charge in [0.15, 0.2) is 6.29 Å². The molecule has 0 bridgehead atoms. The van der Waals surface area contributed by atoms with Gasteiger partial charge in [-0.05, 0) is 12.8 Å². The molecule has 1 amide bonds. The zero-order chi connectivity index (χ0) is 34.0. The summed E-state index contributed by atoms with van der Waals surface area (Å²) in [6, 6.07) is -0.981. The van der Waals surface area contributed by atoms with Crippen LogP contribution >= 0.6 is 0 Å². The second-order valence-electron chi connectivity index (χ2n) is 13.5. The fourth-order valence-electron chi connectivity index (χ4n) is 6.14. The van der Waals surface area contributed by atoms with Gasteiger partial charge >= 0.3 is 0 Å². The number of aliphatic hydroxyl groups is 6. The number of nitrogens with one attached hydrogen (secondary N) is 1. The Morgan fingerprint density at radius 1 is 0.674 bits per heavy atom. The van der Waals surface area contributed by atoms with Gasteiger partial charge < -0.3 is 45.4 Å². The van der Waals surface area contributed by atoms with Crippen LogP contribution in [0, 0.1) is 0 Å². The van der Waals surface area contributed by atoms with Gasteiger partial charge in [0.1, 0.15) is 30.5 Å². The van der Waals surface area contributed by atoms with Gasteiger partial charge in [0.05, 0.1) is 25.4 Å². The van der Waals surface area contributed by atoms with Crippen molar-refractivity contribution in [2.45, 2.75) is 210 Å². The van der Waals surface area contributed by atoms with Gasteiger partial charge in [0.2, 0.25) is 5.91 Å². The standard InChI is InChI=1S/C36H71NO9/c1-3-5-7-9-11-13-15-17-19-21-23-25-31(40)37-28(27-45-36-35(44)34(43)33(42)30(26-38)46-36)32(41)29(39)24-22-20-18-16-14-12-10-8-6-4-2/h28-30,32-36,38-39,41-44H,3-27H2,1-2H3,(H,37,40)/t28-,29+,30+,32-,33-,34?,35?,36+/m0/s1. The highest BCUT2D eigenvalue weighted by Gasteiger charge is 2.44. The van der Waals surface area contributed by atoms with E-state index in [1.54, 1.807) is 0 Å². The van der Waals surface area contributed by atoms with Gasteiger partial charge in [0, 0.05) is 6.42 Å². The first-order chi connectivity index (χ1) is 22.3. The summed E-state index contributed by atoms with van der Waals surface area (Å²) < 4.78 is 11.1. The molecule has 10 nitrogen and oxygen atoms in total. The average molecular weight is 662 g/mol. The Bertz CT molecular complexity index is 713. The Morgan fingerprint density at radius 3 is 1.61 bits per heavy atom. The van der Waals surface area contributed by atoms with Crippen molar-refractivity contribution in [3.63, 3.8) is 0 Å². The molecule has 0 spiro atoms. The van der Waals surface area contributed by atoms with E-state index in [1.807, 2.05) is 0 Å². The number of aliphatic hydroxyl groups excluding tert-OH is 6. The summed E-state index contributed by atoms with van der Waals surface area (Å²) in [5.74, 6) is -0.261. The van der Waals surface area contributed by atoms with E-state index in [2.05, 4.69) is 19.2 Å². The molecule has 8 atom stereocenters. The van der Waals surface area contributed by atoms with E-state index in [0.29, 0.717) is 6.42 Å². The lowest BCUT2D eigenvalue weighted by atomic mass is 9.98. The van der Waals surface area contributed by atoms with Gasteiger partial charge in [-0.1, -0.05) is 142 Å². The first-order valence-corrected chi connectivity index (χ1v) is 18.8. The molecule has 0 aromatic heterocycles. The Hall–Kier alpha value is -0.850. The van der Waals surface area contributed by atoms with Crippen molar-refractivity contribution in [3.05, 3.63) is 0 Å². The van der Waals surface area contributed by atoms with E-state index >= 15 is 0 Å². The maximum absolute atomic E-state index is 12.8. The molecule has 0 saturated carbocycles. The van der Waals surface area contributed by atoms with E-state index in [9.17, 15) is 35.4 Å². The predicted molar refractivity (Wildman–Crippen MR) is 181 cm³/mol. The maximum atomic E-state index is 12.8. The second kappa shape index (κ2) is 28.0. The van der Waals surface area contributed by atoms with Crippen LogP contribution in [0.1, 0.15) is 162 Å². The molecule has 7 N–H and O–H groups in total. The van der Waals surface area contributed by atoms with Crippen LogP contribution in [0.2, 0.25) is 0 Å². The van der Waals surface area contributed by atoms with E-state index in [0.717, 1.165) is 51.4 Å².